The van der Waals surface area contributed by atoms with Gasteiger partial charge in [0.1, 0.15) is 0 Å². The maximum Gasteiger partial charge on any atom is 0.335 e. The zero-order valence-corrected chi connectivity index (χ0v) is 16.4. The highest BCUT2D eigenvalue weighted by atomic mass is 32.1. The van der Waals surface area contributed by atoms with Crippen LogP contribution in [0.1, 0.15) is 26.7 Å². The van der Waals surface area contributed by atoms with Gasteiger partial charge in [-0.3, -0.25) is 9.69 Å². The maximum atomic E-state index is 12.5. The minimum atomic E-state index is -0.737. The van der Waals surface area contributed by atoms with Gasteiger partial charge in [0.25, 0.3) is 5.91 Å². The summed E-state index contributed by atoms with van der Waals surface area (Å²) >= 11 is 1.44. The van der Waals surface area contributed by atoms with Gasteiger partial charge >= 0.3 is 5.97 Å². The van der Waals surface area contributed by atoms with Gasteiger partial charge in [0.2, 0.25) is 0 Å². The number of carbonyl (C=O) groups is 2. The number of anilines is 1. The third-order valence-electron chi connectivity index (χ3n) is 4.36. The summed E-state index contributed by atoms with van der Waals surface area (Å²) in [5, 5.41) is 0.599. The number of nitrogens with zero attached hydrogens (tertiary/aromatic N) is 2. The van der Waals surface area contributed by atoms with E-state index >= 15 is 0 Å². The average Bonchev–Trinajstić information content (AvgIpc) is 3.34. The van der Waals surface area contributed by atoms with Crippen LogP contribution >= 0.6 is 11.3 Å². The summed E-state index contributed by atoms with van der Waals surface area (Å²) in [6.45, 7) is 4.68. The Bertz CT molecular complexity index is 754. The number of fused-ring (bicyclic) bond motifs is 1. The second-order valence-corrected chi connectivity index (χ2v) is 7.33. The van der Waals surface area contributed by atoms with Crippen molar-refractivity contribution in [2.45, 2.75) is 38.9 Å². The molecule has 0 radical (unpaired) electrons. The molecule has 2 heterocycles. The topological polar surface area (TPSA) is 78.0 Å². The number of rotatable bonds is 8. The van der Waals surface area contributed by atoms with Gasteiger partial charge in [0, 0.05) is 13.2 Å². The van der Waals surface area contributed by atoms with Crippen LogP contribution in [0.3, 0.4) is 0 Å². The Labute approximate surface area is 162 Å². The van der Waals surface area contributed by atoms with E-state index in [0.717, 1.165) is 29.7 Å². The first kappa shape index (κ1) is 19.7. The van der Waals surface area contributed by atoms with Gasteiger partial charge in [0.15, 0.2) is 17.8 Å². The van der Waals surface area contributed by atoms with E-state index in [9.17, 15) is 9.59 Å². The number of ether oxygens (including phenoxy) is 3. The summed E-state index contributed by atoms with van der Waals surface area (Å²) in [7, 11) is 0. The third kappa shape index (κ3) is 5.03. The molecule has 0 aliphatic carbocycles. The monoisotopic (exact) mass is 392 g/mol. The lowest BCUT2D eigenvalue weighted by Crippen LogP contribution is -2.36. The van der Waals surface area contributed by atoms with Crippen molar-refractivity contribution in [3.05, 3.63) is 24.3 Å². The molecular formula is C19H24N2O5S. The third-order valence-corrected chi connectivity index (χ3v) is 5.42. The number of para-hydroxylation sites is 1. The standard InChI is InChI=1S/C19H24N2O5S/c1-3-21(19-20-15-8-4-5-9-16(15)27-19)17(22)12-26-18(23)13(2)25-11-14-7-6-10-24-14/h4-5,8-9,13-14H,3,6-7,10-12H2,1-2H3. The van der Waals surface area contributed by atoms with Gasteiger partial charge in [-0.15, -0.1) is 0 Å². The van der Waals surface area contributed by atoms with E-state index in [1.807, 2.05) is 31.2 Å². The van der Waals surface area contributed by atoms with E-state index in [4.69, 9.17) is 14.2 Å². The molecule has 1 fully saturated rings. The molecule has 1 aliphatic heterocycles. The Balaban J connectivity index is 1.51. The maximum absolute atomic E-state index is 12.5. The number of carbonyl (C=O) groups excluding carboxylic acids is 2. The normalized spacial score (nSPS) is 17.8. The van der Waals surface area contributed by atoms with Crippen molar-refractivity contribution in [1.82, 2.24) is 4.98 Å². The van der Waals surface area contributed by atoms with Gasteiger partial charge in [-0.1, -0.05) is 23.5 Å². The fourth-order valence-corrected chi connectivity index (χ4v) is 3.86. The first-order valence-electron chi connectivity index (χ1n) is 9.14. The number of amides is 1. The summed E-state index contributed by atoms with van der Waals surface area (Å²) < 4.78 is 17.1. The second-order valence-electron chi connectivity index (χ2n) is 6.32. The van der Waals surface area contributed by atoms with E-state index in [1.54, 1.807) is 6.92 Å². The van der Waals surface area contributed by atoms with Crippen molar-refractivity contribution in [3.8, 4) is 0 Å². The van der Waals surface area contributed by atoms with E-state index in [-0.39, 0.29) is 18.6 Å². The van der Waals surface area contributed by atoms with Crippen LogP contribution in [0.5, 0.6) is 0 Å². The number of likely N-dealkylation sites (N-methyl/N-ethyl adjacent to an activating group) is 1. The van der Waals surface area contributed by atoms with Crippen LogP contribution in [-0.2, 0) is 23.8 Å². The molecule has 0 saturated carbocycles. The average molecular weight is 392 g/mol. The van der Waals surface area contributed by atoms with Gasteiger partial charge in [-0.2, -0.15) is 0 Å². The quantitative estimate of drug-likeness (QED) is 0.643. The Morgan fingerprint density at radius 1 is 1.41 bits per heavy atom. The molecule has 2 aromatic rings. The summed E-state index contributed by atoms with van der Waals surface area (Å²) in [6, 6.07) is 7.70. The van der Waals surface area contributed by atoms with Gasteiger partial charge in [-0.05, 0) is 38.8 Å². The highest BCUT2D eigenvalue weighted by Gasteiger charge is 2.23. The molecule has 7 nitrogen and oxygen atoms in total. The number of benzene rings is 1. The summed E-state index contributed by atoms with van der Waals surface area (Å²) in [5.41, 5.74) is 0.844. The largest absolute Gasteiger partial charge is 0.454 e. The molecule has 1 aliphatic rings. The fourth-order valence-electron chi connectivity index (χ4n) is 2.82. The molecule has 1 saturated heterocycles. The van der Waals surface area contributed by atoms with Crippen LogP contribution in [0.25, 0.3) is 10.2 Å². The van der Waals surface area contributed by atoms with Crippen molar-refractivity contribution in [2.75, 3.05) is 31.3 Å². The Morgan fingerprint density at radius 3 is 2.93 bits per heavy atom. The van der Waals surface area contributed by atoms with Crippen molar-refractivity contribution in [3.63, 3.8) is 0 Å². The number of esters is 1. The molecule has 2 unspecified atom stereocenters. The summed E-state index contributed by atoms with van der Waals surface area (Å²) in [4.78, 5) is 30.6. The van der Waals surface area contributed by atoms with E-state index in [0.29, 0.717) is 18.3 Å². The first-order valence-corrected chi connectivity index (χ1v) is 9.96. The predicted octanol–water partition coefficient (Wildman–Crippen LogP) is 2.78. The minimum Gasteiger partial charge on any atom is -0.454 e. The van der Waals surface area contributed by atoms with Gasteiger partial charge in [-0.25, -0.2) is 9.78 Å². The number of hydrogen-bond donors (Lipinski definition) is 0. The van der Waals surface area contributed by atoms with Crippen molar-refractivity contribution < 1.29 is 23.8 Å². The van der Waals surface area contributed by atoms with E-state index in [2.05, 4.69) is 4.98 Å². The van der Waals surface area contributed by atoms with Crippen LogP contribution in [0.4, 0.5) is 5.13 Å². The lowest BCUT2D eigenvalue weighted by atomic mass is 10.2. The lowest BCUT2D eigenvalue weighted by Gasteiger charge is -2.19. The Hall–Kier alpha value is -2.03. The van der Waals surface area contributed by atoms with E-state index in [1.165, 1.54) is 16.2 Å². The van der Waals surface area contributed by atoms with Gasteiger partial charge < -0.3 is 14.2 Å². The molecule has 1 amide bonds. The predicted molar refractivity (Wildman–Crippen MR) is 103 cm³/mol. The Morgan fingerprint density at radius 2 is 2.22 bits per heavy atom. The van der Waals surface area contributed by atoms with Crippen molar-refractivity contribution in [2.24, 2.45) is 0 Å². The summed E-state index contributed by atoms with van der Waals surface area (Å²) in [5.74, 6) is -0.863. The molecule has 27 heavy (non-hydrogen) atoms. The highest BCUT2D eigenvalue weighted by molar-refractivity contribution is 7.22. The van der Waals surface area contributed by atoms with Crippen LogP contribution in [0.2, 0.25) is 0 Å². The molecule has 146 valence electrons. The zero-order valence-electron chi connectivity index (χ0n) is 15.6. The Kier molecular flexibility index (Phi) is 6.76. The molecule has 0 spiro atoms. The van der Waals surface area contributed by atoms with Crippen LogP contribution in [0.15, 0.2) is 24.3 Å². The molecule has 0 N–H and O–H groups in total. The van der Waals surface area contributed by atoms with Crippen molar-refractivity contribution in [1.29, 1.82) is 0 Å². The van der Waals surface area contributed by atoms with E-state index < -0.39 is 12.1 Å². The smallest absolute Gasteiger partial charge is 0.335 e. The SMILES string of the molecule is CCN(C(=O)COC(=O)C(C)OCC1CCCO1)c1nc2ccccc2s1. The van der Waals surface area contributed by atoms with Gasteiger partial charge in [0.05, 0.1) is 22.9 Å². The van der Waals surface area contributed by atoms with Crippen LogP contribution in [0, 0.1) is 0 Å². The molecule has 8 heteroatoms. The molecule has 2 atom stereocenters. The molecule has 3 rings (SSSR count). The lowest BCUT2D eigenvalue weighted by molar-refractivity contribution is -0.160. The fraction of sp³-hybridized carbons (Fsp3) is 0.526. The number of hydrogen-bond acceptors (Lipinski definition) is 7. The molecule has 1 aromatic carbocycles. The molecular weight excluding hydrogens is 368 g/mol. The minimum absolute atomic E-state index is 0.0384. The van der Waals surface area contributed by atoms with Crippen LogP contribution in [-0.4, -0.2) is 55.4 Å². The second kappa shape index (κ2) is 9.25. The summed E-state index contributed by atoms with van der Waals surface area (Å²) in [6.07, 6.45) is 1.25. The van der Waals surface area contributed by atoms with Crippen LogP contribution < -0.4 is 4.90 Å². The number of aromatic nitrogens is 1. The van der Waals surface area contributed by atoms with Crippen molar-refractivity contribution >= 4 is 38.6 Å². The highest BCUT2D eigenvalue weighted by Crippen LogP contribution is 2.28. The zero-order chi connectivity index (χ0) is 19.2. The number of thiazole rings is 1. The molecule has 1 aromatic heterocycles. The first-order chi connectivity index (χ1) is 13.1. The molecule has 0 bridgehead atoms.